The standard InChI is InChI=1S/C21H23N5O2/c27-21(19-14-18(6-7-23-19)26-9-8-22-16-26)24-20(17-4-2-1-3-5-17)15-25-10-12-28-13-11-25/h1-9,14,16,20H,10-13,15H2,(H,24,27)/t20-/m1/s1. The van der Waals surface area contributed by atoms with Gasteiger partial charge in [-0.15, -0.1) is 0 Å². The number of hydrogen-bond donors (Lipinski definition) is 1. The topological polar surface area (TPSA) is 72.3 Å². The molecule has 7 heteroatoms. The van der Waals surface area contributed by atoms with E-state index in [0.29, 0.717) is 5.69 Å². The summed E-state index contributed by atoms with van der Waals surface area (Å²) < 4.78 is 7.29. The molecule has 28 heavy (non-hydrogen) atoms. The Hall–Kier alpha value is -3.03. The van der Waals surface area contributed by atoms with Gasteiger partial charge in [0.05, 0.1) is 31.3 Å². The van der Waals surface area contributed by atoms with E-state index in [1.807, 2.05) is 47.2 Å². The van der Waals surface area contributed by atoms with Crippen LogP contribution < -0.4 is 5.32 Å². The molecule has 1 aromatic carbocycles. The van der Waals surface area contributed by atoms with Gasteiger partial charge in [-0.3, -0.25) is 14.7 Å². The number of ether oxygens (including phenoxy) is 1. The maximum Gasteiger partial charge on any atom is 0.270 e. The summed E-state index contributed by atoms with van der Waals surface area (Å²) in [5.74, 6) is -0.191. The van der Waals surface area contributed by atoms with Crippen LogP contribution in [0.3, 0.4) is 0 Å². The second-order valence-corrected chi connectivity index (χ2v) is 6.72. The van der Waals surface area contributed by atoms with E-state index in [-0.39, 0.29) is 11.9 Å². The van der Waals surface area contributed by atoms with Crippen molar-refractivity contribution in [3.63, 3.8) is 0 Å². The highest BCUT2D eigenvalue weighted by Crippen LogP contribution is 2.16. The number of rotatable bonds is 6. The van der Waals surface area contributed by atoms with Crippen molar-refractivity contribution >= 4 is 5.91 Å². The zero-order valence-corrected chi connectivity index (χ0v) is 15.6. The summed E-state index contributed by atoms with van der Waals surface area (Å²) in [5.41, 5.74) is 2.31. The molecule has 0 aliphatic carbocycles. The molecule has 144 valence electrons. The first kappa shape index (κ1) is 18.3. The Morgan fingerprint density at radius 2 is 1.96 bits per heavy atom. The monoisotopic (exact) mass is 377 g/mol. The molecular formula is C21H23N5O2. The summed E-state index contributed by atoms with van der Waals surface area (Å²) in [6.45, 7) is 3.93. The Morgan fingerprint density at radius 1 is 1.14 bits per heavy atom. The molecule has 1 atom stereocenters. The molecule has 7 nitrogen and oxygen atoms in total. The normalized spacial score (nSPS) is 15.9. The first-order chi connectivity index (χ1) is 13.8. The molecule has 3 heterocycles. The zero-order chi connectivity index (χ0) is 19.2. The molecule has 0 bridgehead atoms. The van der Waals surface area contributed by atoms with Crippen molar-refractivity contribution in [1.82, 2.24) is 24.8 Å². The average Bonchev–Trinajstić information content (AvgIpc) is 3.30. The Labute approximate surface area is 164 Å². The van der Waals surface area contributed by atoms with Gasteiger partial charge in [0.15, 0.2) is 0 Å². The van der Waals surface area contributed by atoms with Gasteiger partial charge in [0.2, 0.25) is 0 Å². The van der Waals surface area contributed by atoms with Gasteiger partial charge in [0, 0.05) is 38.2 Å². The zero-order valence-electron chi connectivity index (χ0n) is 15.6. The van der Waals surface area contributed by atoms with Gasteiger partial charge in [0.25, 0.3) is 5.91 Å². The van der Waals surface area contributed by atoms with Crippen LogP contribution in [-0.4, -0.2) is 58.2 Å². The second kappa shape index (κ2) is 8.77. The van der Waals surface area contributed by atoms with Crippen LogP contribution in [0.2, 0.25) is 0 Å². The molecular weight excluding hydrogens is 354 g/mol. The Bertz CT molecular complexity index is 892. The fourth-order valence-corrected chi connectivity index (χ4v) is 3.31. The third-order valence-corrected chi connectivity index (χ3v) is 4.83. The van der Waals surface area contributed by atoms with Crippen molar-refractivity contribution < 1.29 is 9.53 Å². The van der Waals surface area contributed by atoms with E-state index in [1.54, 1.807) is 24.8 Å². The first-order valence-corrected chi connectivity index (χ1v) is 9.40. The molecule has 0 spiro atoms. The number of nitrogens with zero attached hydrogens (tertiary/aromatic N) is 4. The van der Waals surface area contributed by atoms with Crippen LogP contribution in [0.25, 0.3) is 5.69 Å². The number of carbonyl (C=O) groups excluding carboxylic acids is 1. The molecule has 1 saturated heterocycles. The van der Waals surface area contributed by atoms with E-state index in [4.69, 9.17) is 4.74 Å². The second-order valence-electron chi connectivity index (χ2n) is 6.72. The number of amides is 1. The van der Waals surface area contributed by atoms with E-state index < -0.39 is 0 Å². The van der Waals surface area contributed by atoms with Gasteiger partial charge < -0.3 is 14.6 Å². The van der Waals surface area contributed by atoms with E-state index >= 15 is 0 Å². The maximum absolute atomic E-state index is 13.0. The number of carbonyl (C=O) groups is 1. The third-order valence-electron chi connectivity index (χ3n) is 4.83. The number of imidazole rings is 1. The molecule has 1 aliphatic heterocycles. The Balaban J connectivity index is 1.52. The largest absolute Gasteiger partial charge is 0.379 e. The van der Waals surface area contributed by atoms with Crippen molar-refractivity contribution in [2.45, 2.75) is 6.04 Å². The number of benzene rings is 1. The predicted octanol–water partition coefficient (Wildman–Crippen LogP) is 2.07. The number of nitrogens with one attached hydrogen (secondary N) is 1. The van der Waals surface area contributed by atoms with Crippen LogP contribution in [0, 0.1) is 0 Å². The number of aromatic nitrogens is 3. The summed E-state index contributed by atoms with van der Waals surface area (Å²) in [7, 11) is 0. The van der Waals surface area contributed by atoms with Gasteiger partial charge in [-0.2, -0.15) is 0 Å². The summed E-state index contributed by atoms with van der Waals surface area (Å²) in [5, 5.41) is 3.16. The van der Waals surface area contributed by atoms with Crippen molar-refractivity contribution in [2.75, 3.05) is 32.8 Å². The van der Waals surface area contributed by atoms with Crippen LogP contribution in [0.1, 0.15) is 22.1 Å². The molecule has 1 fully saturated rings. The fourth-order valence-electron chi connectivity index (χ4n) is 3.31. The Morgan fingerprint density at radius 3 is 2.71 bits per heavy atom. The van der Waals surface area contributed by atoms with Crippen molar-refractivity contribution in [2.24, 2.45) is 0 Å². The highest BCUT2D eigenvalue weighted by Gasteiger charge is 2.21. The van der Waals surface area contributed by atoms with Gasteiger partial charge in [-0.1, -0.05) is 30.3 Å². The van der Waals surface area contributed by atoms with Gasteiger partial charge >= 0.3 is 0 Å². The summed E-state index contributed by atoms with van der Waals surface area (Å²) in [4.78, 5) is 23.6. The quantitative estimate of drug-likeness (QED) is 0.712. The van der Waals surface area contributed by atoms with Gasteiger partial charge in [0.1, 0.15) is 5.69 Å². The molecule has 0 radical (unpaired) electrons. The van der Waals surface area contributed by atoms with Crippen LogP contribution in [0.15, 0.2) is 67.4 Å². The van der Waals surface area contributed by atoms with Crippen LogP contribution in [0.5, 0.6) is 0 Å². The molecule has 4 rings (SSSR count). The van der Waals surface area contributed by atoms with Crippen LogP contribution in [-0.2, 0) is 4.74 Å². The minimum atomic E-state index is -0.191. The van der Waals surface area contributed by atoms with Crippen molar-refractivity contribution in [3.05, 3.63) is 78.6 Å². The molecule has 1 N–H and O–H groups in total. The molecule has 0 unspecified atom stereocenters. The van der Waals surface area contributed by atoms with Crippen LogP contribution >= 0.6 is 0 Å². The van der Waals surface area contributed by atoms with E-state index in [1.165, 1.54) is 0 Å². The van der Waals surface area contributed by atoms with E-state index in [2.05, 4.69) is 20.2 Å². The lowest BCUT2D eigenvalue weighted by molar-refractivity contribution is 0.0332. The Kier molecular flexibility index (Phi) is 5.75. The number of morpholine rings is 1. The molecule has 3 aromatic rings. The van der Waals surface area contributed by atoms with Gasteiger partial charge in [-0.25, -0.2) is 4.98 Å². The van der Waals surface area contributed by atoms with E-state index in [0.717, 1.165) is 44.1 Å². The summed E-state index contributed by atoms with van der Waals surface area (Å²) >= 11 is 0. The molecule has 1 aliphatic rings. The summed E-state index contributed by atoms with van der Waals surface area (Å²) in [6.07, 6.45) is 6.88. The lowest BCUT2D eigenvalue weighted by Gasteiger charge is -2.31. The van der Waals surface area contributed by atoms with Crippen molar-refractivity contribution in [1.29, 1.82) is 0 Å². The number of hydrogen-bond acceptors (Lipinski definition) is 5. The highest BCUT2D eigenvalue weighted by atomic mass is 16.5. The lowest BCUT2D eigenvalue weighted by Crippen LogP contribution is -2.43. The predicted molar refractivity (Wildman–Crippen MR) is 105 cm³/mol. The number of pyridine rings is 1. The molecule has 0 saturated carbocycles. The van der Waals surface area contributed by atoms with Crippen LogP contribution in [0.4, 0.5) is 0 Å². The summed E-state index contributed by atoms with van der Waals surface area (Å²) in [6, 6.07) is 13.5. The minimum absolute atomic E-state index is 0.120. The fraction of sp³-hybridized carbons (Fsp3) is 0.286. The van der Waals surface area contributed by atoms with Crippen molar-refractivity contribution in [3.8, 4) is 5.69 Å². The maximum atomic E-state index is 13.0. The SMILES string of the molecule is O=C(N[C@H](CN1CCOCC1)c1ccccc1)c1cc(-n2ccnc2)ccn1. The van der Waals surface area contributed by atoms with E-state index in [9.17, 15) is 4.79 Å². The third kappa shape index (κ3) is 4.44. The smallest absolute Gasteiger partial charge is 0.270 e. The lowest BCUT2D eigenvalue weighted by atomic mass is 10.1. The highest BCUT2D eigenvalue weighted by molar-refractivity contribution is 5.93. The molecule has 1 amide bonds. The van der Waals surface area contributed by atoms with Gasteiger partial charge in [-0.05, 0) is 17.7 Å². The first-order valence-electron chi connectivity index (χ1n) is 9.40. The average molecular weight is 377 g/mol. The molecule has 2 aromatic heterocycles. The minimum Gasteiger partial charge on any atom is -0.379 e.